The SMILES string of the molecule is CCCC(=O)N1c2ccc(C)cc2[C@@H]2CN(C)CC[C@H]21. The van der Waals surface area contributed by atoms with Crippen LogP contribution in [0.5, 0.6) is 0 Å². The summed E-state index contributed by atoms with van der Waals surface area (Å²) in [5.41, 5.74) is 3.84. The molecular weight excluding hydrogens is 248 g/mol. The molecule has 2 heterocycles. The third-order valence-electron chi connectivity index (χ3n) is 4.69. The van der Waals surface area contributed by atoms with E-state index in [1.54, 1.807) is 0 Å². The van der Waals surface area contributed by atoms with Crippen LogP contribution >= 0.6 is 0 Å². The predicted molar refractivity (Wildman–Crippen MR) is 82.2 cm³/mol. The standard InChI is InChI=1S/C17H24N2O/c1-4-5-17(20)19-15-7-6-12(2)10-13(15)14-11-18(3)9-8-16(14)19/h6-7,10,14,16H,4-5,8-9,11H2,1-3H3/t14-,16+/m0/s1. The number of likely N-dealkylation sites (tertiary alicyclic amines) is 1. The summed E-state index contributed by atoms with van der Waals surface area (Å²) in [6.07, 6.45) is 2.67. The molecule has 108 valence electrons. The molecule has 0 saturated carbocycles. The molecule has 0 aliphatic carbocycles. The zero-order valence-corrected chi connectivity index (χ0v) is 12.7. The van der Waals surface area contributed by atoms with Crippen molar-refractivity contribution in [2.75, 3.05) is 25.0 Å². The van der Waals surface area contributed by atoms with Crippen LogP contribution in [0.15, 0.2) is 18.2 Å². The Morgan fingerprint density at radius 1 is 1.40 bits per heavy atom. The first-order chi connectivity index (χ1) is 9.61. The average molecular weight is 272 g/mol. The van der Waals surface area contributed by atoms with Gasteiger partial charge in [-0.2, -0.15) is 0 Å². The highest BCUT2D eigenvalue weighted by molar-refractivity contribution is 5.96. The highest BCUT2D eigenvalue weighted by Gasteiger charge is 2.43. The first-order valence-corrected chi connectivity index (χ1v) is 7.73. The van der Waals surface area contributed by atoms with Crippen LogP contribution in [0.3, 0.4) is 0 Å². The molecule has 1 saturated heterocycles. The predicted octanol–water partition coefficient (Wildman–Crippen LogP) is 2.93. The number of carbonyl (C=O) groups is 1. The molecular formula is C17H24N2O. The van der Waals surface area contributed by atoms with Crippen molar-refractivity contribution in [3.8, 4) is 0 Å². The van der Waals surface area contributed by atoms with Crippen molar-refractivity contribution >= 4 is 11.6 Å². The van der Waals surface area contributed by atoms with E-state index in [9.17, 15) is 4.79 Å². The number of nitrogens with zero attached hydrogens (tertiary/aromatic N) is 2. The van der Waals surface area contributed by atoms with Gasteiger partial charge in [0.25, 0.3) is 0 Å². The van der Waals surface area contributed by atoms with Gasteiger partial charge in [-0.15, -0.1) is 0 Å². The maximum atomic E-state index is 12.5. The van der Waals surface area contributed by atoms with Gasteiger partial charge >= 0.3 is 0 Å². The van der Waals surface area contributed by atoms with E-state index in [1.165, 1.54) is 16.8 Å². The Morgan fingerprint density at radius 2 is 2.20 bits per heavy atom. The number of anilines is 1. The zero-order valence-electron chi connectivity index (χ0n) is 12.7. The van der Waals surface area contributed by atoms with E-state index in [0.717, 1.165) is 25.9 Å². The monoisotopic (exact) mass is 272 g/mol. The largest absolute Gasteiger partial charge is 0.308 e. The summed E-state index contributed by atoms with van der Waals surface area (Å²) in [5.74, 6) is 0.791. The molecule has 1 amide bonds. The van der Waals surface area contributed by atoms with Crippen molar-refractivity contribution in [3.63, 3.8) is 0 Å². The summed E-state index contributed by atoms with van der Waals surface area (Å²) in [6, 6.07) is 6.94. The van der Waals surface area contributed by atoms with Gasteiger partial charge in [-0.1, -0.05) is 24.6 Å². The highest BCUT2D eigenvalue weighted by atomic mass is 16.2. The smallest absolute Gasteiger partial charge is 0.227 e. The van der Waals surface area contributed by atoms with E-state index in [-0.39, 0.29) is 0 Å². The molecule has 0 spiro atoms. The van der Waals surface area contributed by atoms with E-state index in [4.69, 9.17) is 0 Å². The summed E-state index contributed by atoms with van der Waals surface area (Å²) >= 11 is 0. The fourth-order valence-electron chi connectivity index (χ4n) is 3.74. The Kier molecular flexibility index (Phi) is 3.55. The lowest BCUT2D eigenvalue weighted by molar-refractivity contribution is -0.119. The number of piperidine rings is 1. The van der Waals surface area contributed by atoms with Crippen LogP contribution in [0, 0.1) is 6.92 Å². The van der Waals surface area contributed by atoms with Crippen LogP contribution < -0.4 is 4.90 Å². The topological polar surface area (TPSA) is 23.6 Å². The Balaban J connectivity index is 2.01. The van der Waals surface area contributed by atoms with Crippen LogP contribution in [0.1, 0.15) is 43.2 Å². The van der Waals surface area contributed by atoms with Gasteiger partial charge < -0.3 is 9.80 Å². The fourth-order valence-corrected chi connectivity index (χ4v) is 3.74. The maximum absolute atomic E-state index is 12.5. The summed E-state index contributed by atoms with van der Waals surface area (Å²) in [4.78, 5) is 17.0. The van der Waals surface area contributed by atoms with Crippen molar-refractivity contribution < 1.29 is 4.79 Å². The number of amides is 1. The van der Waals surface area contributed by atoms with Gasteiger partial charge in [0.05, 0.1) is 0 Å². The quantitative estimate of drug-likeness (QED) is 0.826. The molecule has 0 unspecified atom stereocenters. The number of hydrogen-bond acceptors (Lipinski definition) is 2. The maximum Gasteiger partial charge on any atom is 0.227 e. The summed E-state index contributed by atoms with van der Waals surface area (Å²) < 4.78 is 0. The molecule has 3 rings (SSSR count). The van der Waals surface area contributed by atoms with E-state index >= 15 is 0 Å². The lowest BCUT2D eigenvalue weighted by Gasteiger charge is -2.36. The number of aryl methyl sites for hydroxylation is 1. The van der Waals surface area contributed by atoms with Gasteiger partial charge in [0, 0.05) is 30.6 Å². The summed E-state index contributed by atoms with van der Waals surface area (Å²) in [7, 11) is 2.18. The molecule has 0 N–H and O–H groups in total. The van der Waals surface area contributed by atoms with Crippen molar-refractivity contribution in [1.82, 2.24) is 4.90 Å². The lowest BCUT2D eigenvalue weighted by atomic mass is 9.89. The van der Waals surface area contributed by atoms with Gasteiger partial charge in [-0.25, -0.2) is 0 Å². The minimum absolute atomic E-state index is 0.301. The first kappa shape index (κ1) is 13.6. The Bertz CT molecular complexity index is 526. The molecule has 2 atom stereocenters. The molecule has 2 aliphatic heterocycles. The minimum atomic E-state index is 0.301. The van der Waals surface area contributed by atoms with Gasteiger partial charge in [-0.3, -0.25) is 4.79 Å². The molecule has 0 radical (unpaired) electrons. The summed E-state index contributed by atoms with van der Waals surface area (Å²) in [5, 5.41) is 0. The Morgan fingerprint density at radius 3 is 2.95 bits per heavy atom. The van der Waals surface area contributed by atoms with Crippen LogP contribution in [-0.4, -0.2) is 37.0 Å². The van der Waals surface area contributed by atoms with Crippen molar-refractivity contribution in [1.29, 1.82) is 0 Å². The molecule has 1 fully saturated rings. The van der Waals surface area contributed by atoms with E-state index < -0.39 is 0 Å². The fraction of sp³-hybridized carbons (Fsp3) is 0.588. The van der Waals surface area contributed by atoms with Gasteiger partial charge in [0.2, 0.25) is 5.91 Å². The van der Waals surface area contributed by atoms with Crippen molar-refractivity contribution in [3.05, 3.63) is 29.3 Å². The minimum Gasteiger partial charge on any atom is -0.308 e. The molecule has 0 aromatic heterocycles. The van der Waals surface area contributed by atoms with E-state index in [2.05, 4.69) is 48.9 Å². The number of rotatable bonds is 2. The normalized spacial score (nSPS) is 25.4. The zero-order chi connectivity index (χ0) is 14.3. The second-order valence-electron chi connectivity index (χ2n) is 6.30. The molecule has 1 aromatic carbocycles. The molecule has 20 heavy (non-hydrogen) atoms. The van der Waals surface area contributed by atoms with Crippen LogP contribution in [0.2, 0.25) is 0 Å². The lowest BCUT2D eigenvalue weighted by Crippen LogP contribution is -2.47. The third-order valence-corrected chi connectivity index (χ3v) is 4.69. The second-order valence-corrected chi connectivity index (χ2v) is 6.30. The van der Waals surface area contributed by atoms with Crippen molar-refractivity contribution in [2.24, 2.45) is 0 Å². The van der Waals surface area contributed by atoms with Crippen LogP contribution in [0.25, 0.3) is 0 Å². The highest BCUT2D eigenvalue weighted by Crippen LogP contribution is 2.45. The third kappa shape index (κ3) is 2.14. The Labute approximate surface area is 121 Å². The molecule has 3 heteroatoms. The van der Waals surface area contributed by atoms with E-state index in [1.807, 2.05) is 0 Å². The number of benzene rings is 1. The average Bonchev–Trinajstić information content (AvgIpc) is 2.72. The first-order valence-electron chi connectivity index (χ1n) is 7.73. The molecule has 1 aromatic rings. The van der Waals surface area contributed by atoms with Gasteiger partial charge in [0.15, 0.2) is 0 Å². The number of hydrogen-bond donors (Lipinski definition) is 0. The number of carbonyl (C=O) groups excluding carboxylic acids is 1. The molecule has 0 bridgehead atoms. The van der Waals surface area contributed by atoms with Crippen LogP contribution in [0.4, 0.5) is 5.69 Å². The summed E-state index contributed by atoms with van der Waals surface area (Å²) in [6.45, 7) is 6.37. The number of likely N-dealkylation sites (N-methyl/N-ethyl adjacent to an activating group) is 1. The number of fused-ring (bicyclic) bond motifs is 3. The van der Waals surface area contributed by atoms with Crippen molar-refractivity contribution in [2.45, 2.75) is 45.1 Å². The Hall–Kier alpha value is -1.35. The van der Waals surface area contributed by atoms with Gasteiger partial charge in [-0.05, 0) is 45.0 Å². The second kappa shape index (κ2) is 5.21. The molecule has 2 aliphatic rings. The van der Waals surface area contributed by atoms with Crippen LogP contribution in [-0.2, 0) is 4.79 Å². The van der Waals surface area contributed by atoms with E-state index in [0.29, 0.717) is 24.3 Å². The van der Waals surface area contributed by atoms with Gasteiger partial charge in [0.1, 0.15) is 0 Å². The molecule has 3 nitrogen and oxygen atoms in total.